The summed E-state index contributed by atoms with van der Waals surface area (Å²) in [5.41, 5.74) is 2.90. The zero-order valence-corrected chi connectivity index (χ0v) is 12.8. The van der Waals surface area contributed by atoms with Gasteiger partial charge in [0.1, 0.15) is 0 Å². The molecule has 0 heterocycles. The summed E-state index contributed by atoms with van der Waals surface area (Å²) in [4.78, 5) is 25.0. The third-order valence-corrected chi connectivity index (χ3v) is 3.28. The van der Waals surface area contributed by atoms with Gasteiger partial charge < -0.3 is 10.0 Å². The molecule has 110 valence electrons. The first-order valence-electron chi connectivity index (χ1n) is 6.85. The number of rotatable bonds is 5. The number of carboxylic acids is 1. The lowest BCUT2D eigenvalue weighted by molar-refractivity contribution is -0.140. The van der Waals surface area contributed by atoms with E-state index in [1.807, 2.05) is 45.9 Å². The second kappa shape index (κ2) is 6.55. The molecule has 1 rings (SSSR count). The molecule has 0 saturated heterocycles. The van der Waals surface area contributed by atoms with E-state index in [0.29, 0.717) is 0 Å². The van der Waals surface area contributed by atoms with Crippen LogP contribution in [-0.4, -0.2) is 23.5 Å². The number of aliphatic carboxylic acids is 1. The summed E-state index contributed by atoms with van der Waals surface area (Å²) in [7, 11) is 0. The van der Waals surface area contributed by atoms with E-state index >= 15 is 0 Å². The van der Waals surface area contributed by atoms with Crippen LogP contribution in [-0.2, 0) is 9.59 Å². The minimum absolute atomic E-state index is 0.0509. The predicted octanol–water partition coefficient (Wildman–Crippen LogP) is 3.01. The first-order valence-corrected chi connectivity index (χ1v) is 6.85. The van der Waals surface area contributed by atoms with Crippen LogP contribution in [0.1, 0.15) is 31.9 Å². The van der Waals surface area contributed by atoms with Crippen LogP contribution in [0.25, 0.3) is 0 Å². The van der Waals surface area contributed by atoms with Crippen molar-refractivity contribution in [1.29, 1.82) is 0 Å². The molecule has 0 radical (unpaired) electrons. The number of amides is 1. The van der Waals surface area contributed by atoms with Crippen LogP contribution in [0.2, 0.25) is 0 Å². The van der Waals surface area contributed by atoms with Gasteiger partial charge in [-0.15, -0.1) is 0 Å². The lowest BCUT2D eigenvalue weighted by Crippen LogP contribution is -2.39. The van der Waals surface area contributed by atoms with Gasteiger partial charge in [0.25, 0.3) is 0 Å². The molecule has 20 heavy (non-hydrogen) atoms. The van der Waals surface area contributed by atoms with Crippen molar-refractivity contribution in [1.82, 2.24) is 0 Å². The fourth-order valence-electron chi connectivity index (χ4n) is 2.08. The van der Waals surface area contributed by atoms with E-state index in [1.54, 1.807) is 11.8 Å². The van der Waals surface area contributed by atoms with Gasteiger partial charge in [-0.25, -0.2) is 0 Å². The fraction of sp³-hybridized carbons (Fsp3) is 0.500. The Morgan fingerprint density at radius 1 is 1.20 bits per heavy atom. The van der Waals surface area contributed by atoms with Crippen molar-refractivity contribution < 1.29 is 14.7 Å². The lowest BCUT2D eigenvalue weighted by Gasteiger charge is -2.28. The largest absolute Gasteiger partial charge is 0.481 e. The summed E-state index contributed by atoms with van der Waals surface area (Å²) >= 11 is 0. The quantitative estimate of drug-likeness (QED) is 0.900. The molecule has 0 aliphatic heterocycles. The summed E-state index contributed by atoms with van der Waals surface area (Å²) in [5.74, 6) is -1.71. The Balaban J connectivity index is 3.16. The normalized spacial score (nSPS) is 12.3. The first kappa shape index (κ1) is 16.2. The van der Waals surface area contributed by atoms with Gasteiger partial charge in [0.2, 0.25) is 5.91 Å². The molecule has 1 atom stereocenters. The third kappa shape index (κ3) is 3.83. The monoisotopic (exact) mass is 277 g/mol. The van der Waals surface area contributed by atoms with E-state index < -0.39 is 11.9 Å². The summed E-state index contributed by atoms with van der Waals surface area (Å²) in [5, 5.41) is 9.07. The topological polar surface area (TPSA) is 57.6 Å². The van der Waals surface area contributed by atoms with Gasteiger partial charge in [-0.1, -0.05) is 38.5 Å². The Labute approximate surface area is 120 Å². The Morgan fingerprint density at radius 3 is 2.25 bits per heavy atom. The van der Waals surface area contributed by atoms with E-state index in [-0.39, 0.29) is 18.4 Å². The first-order chi connectivity index (χ1) is 9.23. The summed E-state index contributed by atoms with van der Waals surface area (Å²) in [6, 6.07) is 5.83. The highest BCUT2D eigenvalue weighted by atomic mass is 16.4. The molecule has 4 heteroatoms. The van der Waals surface area contributed by atoms with Gasteiger partial charge in [-0.3, -0.25) is 9.59 Å². The Bertz CT molecular complexity index is 508. The molecule has 0 aliphatic carbocycles. The van der Waals surface area contributed by atoms with Gasteiger partial charge in [0.05, 0.1) is 5.92 Å². The third-order valence-electron chi connectivity index (χ3n) is 3.28. The molecule has 0 fully saturated rings. The van der Waals surface area contributed by atoms with Crippen molar-refractivity contribution in [2.24, 2.45) is 11.8 Å². The van der Waals surface area contributed by atoms with Crippen LogP contribution in [0.3, 0.4) is 0 Å². The smallest absolute Gasteiger partial charge is 0.308 e. The van der Waals surface area contributed by atoms with Crippen molar-refractivity contribution in [2.75, 3.05) is 11.4 Å². The molecule has 1 N–H and O–H groups in total. The van der Waals surface area contributed by atoms with Crippen LogP contribution in [0.15, 0.2) is 18.2 Å². The van der Waals surface area contributed by atoms with Crippen molar-refractivity contribution >= 4 is 17.6 Å². The van der Waals surface area contributed by atoms with E-state index in [4.69, 9.17) is 5.11 Å². The Kier molecular flexibility index (Phi) is 5.31. The van der Waals surface area contributed by atoms with Gasteiger partial charge >= 0.3 is 5.97 Å². The molecule has 0 aliphatic rings. The zero-order valence-electron chi connectivity index (χ0n) is 12.8. The molecule has 0 bridgehead atoms. The molecule has 0 saturated carbocycles. The minimum atomic E-state index is -0.892. The van der Waals surface area contributed by atoms with Crippen molar-refractivity contribution in [3.8, 4) is 0 Å². The van der Waals surface area contributed by atoms with Crippen LogP contribution >= 0.6 is 0 Å². The summed E-state index contributed by atoms with van der Waals surface area (Å²) in [6.07, 6.45) is 0. The SMILES string of the molecule is Cc1ccc(N(CC(C)C(=O)O)C(=O)C(C)C)c(C)c1. The number of hydrogen-bond acceptors (Lipinski definition) is 2. The molecule has 1 aromatic rings. The fourth-order valence-corrected chi connectivity index (χ4v) is 2.08. The Hall–Kier alpha value is -1.84. The summed E-state index contributed by atoms with van der Waals surface area (Å²) < 4.78 is 0. The molecule has 0 spiro atoms. The average Bonchev–Trinajstić information content (AvgIpc) is 2.35. The van der Waals surface area contributed by atoms with E-state index in [1.165, 1.54) is 0 Å². The maximum Gasteiger partial charge on any atom is 0.308 e. The molecule has 0 aromatic heterocycles. The number of aryl methyl sites for hydroxylation is 2. The molecule has 1 amide bonds. The van der Waals surface area contributed by atoms with Crippen LogP contribution in [0.5, 0.6) is 0 Å². The van der Waals surface area contributed by atoms with Crippen molar-refractivity contribution in [3.05, 3.63) is 29.3 Å². The minimum Gasteiger partial charge on any atom is -0.481 e. The maximum absolute atomic E-state index is 12.4. The average molecular weight is 277 g/mol. The van der Waals surface area contributed by atoms with E-state index in [2.05, 4.69) is 0 Å². The highest BCUT2D eigenvalue weighted by molar-refractivity contribution is 5.96. The van der Waals surface area contributed by atoms with Crippen molar-refractivity contribution in [3.63, 3.8) is 0 Å². The van der Waals surface area contributed by atoms with E-state index in [9.17, 15) is 9.59 Å². The standard InChI is InChI=1S/C16H23NO3/c1-10(2)15(18)17(9-13(5)16(19)20)14-7-6-11(3)8-12(14)4/h6-8,10,13H,9H2,1-5H3,(H,19,20). The molecule has 1 aromatic carbocycles. The molecule has 1 unspecified atom stereocenters. The highest BCUT2D eigenvalue weighted by Gasteiger charge is 2.24. The predicted molar refractivity (Wildman–Crippen MR) is 79.9 cm³/mol. The number of nitrogens with zero attached hydrogens (tertiary/aromatic N) is 1. The van der Waals surface area contributed by atoms with Crippen molar-refractivity contribution in [2.45, 2.75) is 34.6 Å². The van der Waals surface area contributed by atoms with Crippen LogP contribution < -0.4 is 4.90 Å². The second-order valence-corrected chi connectivity index (χ2v) is 5.63. The van der Waals surface area contributed by atoms with Gasteiger partial charge in [-0.2, -0.15) is 0 Å². The molecule has 4 nitrogen and oxygen atoms in total. The molecular weight excluding hydrogens is 254 g/mol. The van der Waals surface area contributed by atoms with Gasteiger partial charge in [-0.05, 0) is 25.5 Å². The number of carbonyl (C=O) groups excluding carboxylic acids is 1. The van der Waals surface area contributed by atoms with E-state index in [0.717, 1.165) is 16.8 Å². The number of benzene rings is 1. The van der Waals surface area contributed by atoms with Gasteiger partial charge in [0.15, 0.2) is 0 Å². The number of hydrogen-bond donors (Lipinski definition) is 1. The highest BCUT2D eigenvalue weighted by Crippen LogP contribution is 2.24. The maximum atomic E-state index is 12.4. The Morgan fingerprint density at radius 2 is 1.80 bits per heavy atom. The molecular formula is C16H23NO3. The zero-order chi connectivity index (χ0) is 15.4. The summed E-state index contributed by atoms with van der Waals surface area (Å²) in [6.45, 7) is 9.39. The van der Waals surface area contributed by atoms with Crippen LogP contribution in [0, 0.1) is 25.7 Å². The lowest BCUT2D eigenvalue weighted by atomic mass is 10.0. The number of carboxylic acid groups (broad SMARTS) is 1. The van der Waals surface area contributed by atoms with Crippen LogP contribution in [0.4, 0.5) is 5.69 Å². The second-order valence-electron chi connectivity index (χ2n) is 5.63. The van der Waals surface area contributed by atoms with Gasteiger partial charge in [0, 0.05) is 18.2 Å². The number of carbonyl (C=O) groups is 2. The number of anilines is 1.